The van der Waals surface area contributed by atoms with Crippen LogP contribution in [0.4, 0.5) is 28.3 Å². The van der Waals surface area contributed by atoms with Crippen molar-refractivity contribution in [2.45, 2.75) is 19.9 Å². The molecule has 1 aromatic carbocycles. The second-order valence-electron chi connectivity index (χ2n) is 6.86. The van der Waals surface area contributed by atoms with Crippen LogP contribution in [0.5, 0.6) is 0 Å². The lowest BCUT2D eigenvalue weighted by atomic mass is 10.1. The zero-order chi connectivity index (χ0) is 21.4. The van der Waals surface area contributed by atoms with Crippen LogP contribution in [0.3, 0.4) is 0 Å². The van der Waals surface area contributed by atoms with Gasteiger partial charge in [-0.3, -0.25) is 9.69 Å². The summed E-state index contributed by atoms with van der Waals surface area (Å²) in [4.78, 5) is 29.4. The second kappa shape index (κ2) is 7.54. The number of aryl methyl sites for hydroxylation is 1. The van der Waals surface area contributed by atoms with Crippen LogP contribution in [0, 0.1) is 31.6 Å². The summed E-state index contributed by atoms with van der Waals surface area (Å²) in [6.07, 6.45) is 12.6. The summed E-state index contributed by atoms with van der Waals surface area (Å²) in [5.74, 6) is 5.92. The van der Waals surface area contributed by atoms with Crippen molar-refractivity contribution in [1.29, 1.82) is 0 Å². The number of benzene rings is 1. The summed E-state index contributed by atoms with van der Waals surface area (Å²) in [7, 11) is 0. The molecule has 1 aliphatic rings. The average molecular weight is 417 g/mol. The molecule has 1 aliphatic heterocycles. The highest BCUT2D eigenvalue weighted by Crippen LogP contribution is 2.35. The number of rotatable bonds is 4. The Kier molecular flexibility index (Phi) is 4.90. The van der Waals surface area contributed by atoms with Gasteiger partial charge in [0.15, 0.2) is 10.9 Å². The molecule has 0 saturated heterocycles. The molecule has 1 amide bonds. The van der Waals surface area contributed by atoms with E-state index in [2.05, 4.69) is 32.1 Å². The highest BCUT2D eigenvalue weighted by Gasteiger charge is 2.36. The van der Waals surface area contributed by atoms with Gasteiger partial charge in [-0.25, -0.2) is 9.97 Å². The standard InChI is InChI=1S/C21H19N7OS/c1-5-7-27-13(4)19(29)28(8-6-2)15-11-23-21(26-18(15)27)24-14-9-12(3)17-16(10-14)30-20(22)25-17/h1-2,9-11,13H,7-8H2,3-4H3,(H2,22,25)(H,23,24,26)/t13-/m1/s1. The van der Waals surface area contributed by atoms with Gasteiger partial charge in [0.1, 0.15) is 11.7 Å². The first-order valence-corrected chi connectivity index (χ1v) is 10.00. The molecule has 0 unspecified atom stereocenters. The van der Waals surface area contributed by atoms with E-state index in [0.717, 1.165) is 21.5 Å². The first kappa shape index (κ1) is 19.5. The number of carbonyl (C=O) groups is 1. The number of amides is 1. The number of thiazole rings is 1. The molecular formula is C21H19N7OS. The maximum absolute atomic E-state index is 12.7. The lowest BCUT2D eigenvalue weighted by Crippen LogP contribution is -2.52. The molecular weight excluding hydrogens is 398 g/mol. The van der Waals surface area contributed by atoms with Crippen molar-refractivity contribution in [3.05, 3.63) is 23.9 Å². The number of hydrogen-bond acceptors (Lipinski definition) is 8. The lowest BCUT2D eigenvalue weighted by molar-refractivity contribution is -0.119. The minimum Gasteiger partial charge on any atom is -0.375 e. The van der Waals surface area contributed by atoms with Gasteiger partial charge < -0.3 is 16.0 Å². The van der Waals surface area contributed by atoms with E-state index in [0.29, 0.717) is 22.6 Å². The second-order valence-corrected chi connectivity index (χ2v) is 7.92. The van der Waals surface area contributed by atoms with Crippen molar-refractivity contribution in [2.24, 2.45) is 0 Å². The Hall–Kier alpha value is -3.82. The number of terminal acetylenes is 2. The number of carbonyl (C=O) groups excluding carboxylic acids is 1. The van der Waals surface area contributed by atoms with Gasteiger partial charge in [0, 0.05) is 5.69 Å². The van der Waals surface area contributed by atoms with Crippen LogP contribution in [0.2, 0.25) is 0 Å². The maximum Gasteiger partial charge on any atom is 0.250 e. The number of nitrogens with one attached hydrogen (secondary N) is 1. The van der Waals surface area contributed by atoms with Gasteiger partial charge in [-0.15, -0.1) is 12.8 Å². The quantitative estimate of drug-likeness (QED) is 0.629. The van der Waals surface area contributed by atoms with E-state index in [4.69, 9.17) is 18.6 Å². The van der Waals surface area contributed by atoms with Crippen LogP contribution in [0.1, 0.15) is 12.5 Å². The molecule has 150 valence electrons. The number of nitrogen functional groups attached to an aromatic ring is 1. The van der Waals surface area contributed by atoms with Crippen molar-refractivity contribution >= 4 is 55.7 Å². The van der Waals surface area contributed by atoms with Crippen LogP contribution in [0.15, 0.2) is 18.3 Å². The minimum absolute atomic E-state index is 0.135. The largest absolute Gasteiger partial charge is 0.375 e. The van der Waals surface area contributed by atoms with Crippen LogP contribution < -0.4 is 20.9 Å². The molecule has 30 heavy (non-hydrogen) atoms. The molecule has 9 heteroatoms. The third kappa shape index (κ3) is 3.25. The highest BCUT2D eigenvalue weighted by molar-refractivity contribution is 7.22. The maximum atomic E-state index is 12.7. The molecule has 0 aliphatic carbocycles. The van der Waals surface area contributed by atoms with E-state index in [1.165, 1.54) is 16.2 Å². The topological polar surface area (TPSA) is 100 Å². The van der Waals surface area contributed by atoms with E-state index >= 15 is 0 Å². The molecule has 0 saturated carbocycles. The molecule has 0 radical (unpaired) electrons. The van der Waals surface area contributed by atoms with Crippen LogP contribution in [-0.4, -0.2) is 40.0 Å². The molecule has 4 rings (SSSR count). The van der Waals surface area contributed by atoms with Crippen LogP contribution in [-0.2, 0) is 4.79 Å². The minimum atomic E-state index is -0.483. The Balaban J connectivity index is 1.74. The average Bonchev–Trinajstić information content (AvgIpc) is 3.09. The van der Waals surface area contributed by atoms with Crippen molar-refractivity contribution in [3.8, 4) is 24.7 Å². The smallest absolute Gasteiger partial charge is 0.250 e. The third-order valence-electron chi connectivity index (χ3n) is 4.87. The van der Waals surface area contributed by atoms with E-state index in [1.54, 1.807) is 18.0 Å². The molecule has 1 atom stereocenters. The van der Waals surface area contributed by atoms with E-state index in [-0.39, 0.29) is 19.0 Å². The lowest BCUT2D eigenvalue weighted by Gasteiger charge is -2.38. The first-order valence-electron chi connectivity index (χ1n) is 9.18. The molecule has 3 N–H and O–H groups in total. The van der Waals surface area contributed by atoms with Crippen LogP contribution in [0.25, 0.3) is 10.2 Å². The summed E-state index contributed by atoms with van der Waals surface area (Å²) in [5.41, 5.74) is 9.07. The zero-order valence-electron chi connectivity index (χ0n) is 16.5. The summed E-state index contributed by atoms with van der Waals surface area (Å²) >= 11 is 1.42. The molecule has 2 aromatic heterocycles. The van der Waals surface area contributed by atoms with Gasteiger partial charge in [0.05, 0.1) is 29.5 Å². The number of aromatic nitrogens is 3. The molecule has 0 fully saturated rings. The van der Waals surface area contributed by atoms with Crippen molar-refractivity contribution < 1.29 is 4.79 Å². The van der Waals surface area contributed by atoms with Crippen LogP contribution >= 0.6 is 11.3 Å². The SMILES string of the molecule is C#CCN1C(=O)[C@@H](C)N(CC#C)c2nc(Nc3cc(C)c4nc(N)sc4c3)ncc21. The monoisotopic (exact) mass is 417 g/mol. The predicted octanol–water partition coefficient (Wildman–Crippen LogP) is 2.53. The third-order valence-corrected chi connectivity index (χ3v) is 5.70. The number of anilines is 5. The van der Waals surface area contributed by atoms with Gasteiger partial charge in [-0.2, -0.15) is 4.98 Å². The molecule has 8 nitrogen and oxygen atoms in total. The van der Waals surface area contributed by atoms with E-state index in [1.807, 2.05) is 19.1 Å². The Bertz CT molecular complexity index is 1240. The van der Waals surface area contributed by atoms with Gasteiger partial charge in [-0.1, -0.05) is 23.2 Å². The molecule has 0 bridgehead atoms. The Labute approximate surface area is 178 Å². The van der Waals surface area contributed by atoms with Gasteiger partial charge in [-0.05, 0) is 31.5 Å². The van der Waals surface area contributed by atoms with Crippen molar-refractivity contribution in [2.75, 3.05) is 33.9 Å². The van der Waals surface area contributed by atoms with Crippen molar-refractivity contribution in [3.63, 3.8) is 0 Å². The van der Waals surface area contributed by atoms with Gasteiger partial charge in [0.25, 0.3) is 0 Å². The highest BCUT2D eigenvalue weighted by atomic mass is 32.1. The summed E-state index contributed by atoms with van der Waals surface area (Å²) < 4.78 is 0.973. The Morgan fingerprint density at radius 2 is 2.03 bits per heavy atom. The number of hydrogen-bond donors (Lipinski definition) is 2. The molecule has 3 aromatic rings. The summed E-state index contributed by atoms with van der Waals surface area (Å²) in [6.45, 7) is 4.14. The first-order chi connectivity index (χ1) is 14.4. The van der Waals surface area contributed by atoms with E-state index in [9.17, 15) is 4.79 Å². The van der Waals surface area contributed by atoms with Gasteiger partial charge >= 0.3 is 0 Å². The normalized spacial score (nSPS) is 15.6. The van der Waals surface area contributed by atoms with E-state index < -0.39 is 6.04 Å². The fraction of sp³-hybridized carbons (Fsp3) is 0.238. The van der Waals surface area contributed by atoms with Gasteiger partial charge in [0.2, 0.25) is 11.9 Å². The summed E-state index contributed by atoms with van der Waals surface area (Å²) in [5, 5.41) is 3.75. The molecule has 3 heterocycles. The number of nitrogens with two attached hydrogens (primary N) is 1. The van der Waals surface area contributed by atoms with Crippen molar-refractivity contribution in [1.82, 2.24) is 15.0 Å². The number of fused-ring (bicyclic) bond motifs is 2. The summed E-state index contributed by atoms with van der Waals surface area (Å²) in [6, 6.07) is 3.43. The Morgan fingerprint density at radius 3 is 2.77 bits per heavy atom. The fourth-order valence-electron chi connectivity index (χ4n) is 3.47. The fourth-order valence-corrected chi connectivity index (χ4v) is 4.32. The predicted molar refractivity (Wildman–Crippen MR) is 121 cm³/mol. The number of nitrogens with zero attached hydrogens (tertiary/aromatic N) is 5. The zero-order valence-corrected chi connectivity index (χ0v) is 17.3. The molecule has 0 spiro atoms. The Morgan fingerprint density at radius 1 is 1.27 bits per heavy atom.